The van der Waals surface area contributed by atoms with E-state index in [1.54, 1.807) is 0 Å². The minimum absolute atomic E-state index is 0. The van der Waals surface area contributed by atoms with E-state index < -0.39 is 0 Å². The highest BCUT2D eigenvalue weighted by Gasteiger charge is 2.17. The molecule has 0 atom stereocenters. The summed E-state index contributed by atoms with van der Waals surface area (Å²) >= 11 is 0. The van der Waals surface area contributed by atoms with Crippen LogP contribution in [0.2, 0.25) is 0 Å². The second-order valence-electron chi connectivity index (χ2n) is 37.0. The van der Waals surface area contributed by atoms with Gasteiger partial charge in [0.2, 0.25) is 0 Å². The lowest BCUT2D eigenvalue weighted by molar-refractivity contribution is 0.0510. The van der Waals surface area contributed by atoms with Crippen LogP contribution in [0.1, 0.15) is 410 Å². The van der Waals surface area contributed by atoms with Crippen molar-refractivity contribution in [2.24, 2.45) is 45.9 Å². The summed E-state index contributed by atoms with van der Waals surface area (Å²) in [6, 6.07) is 8.42. The van der Waals surface area contributed by atoms with E-state index in [1.807, 2.05) is 14.1 Å². The smallest absolute Gasteiger partial charge is 0.0701 e. The molecule has 3 rings (SSSR count). The highest BCUT2D eigenvalue weighted by atomic mass is 16.5. The minimum atomic E-state index is 0. The van der Waals surface area contributed by atoms with Crippen LogP contribution in [-0.2, 0) is 27.2 Å². The monoisotopic (exact) mass is 1930 g/mol. The molecule has 0 aromatic heterocycles. The van der Waals surface area contributed by atoms with E-state index in [2.05, 4.69) is 191 Å². The van der Waals surface area contributed by atoms with Crippen LogP contribution in [0.5, 0.6) is 0 Å². The number of ether oxygens (including phenoxy) is 3. The molecule has 2 fully saturated rings. The number of nitrogens with one attached hydrogen (secondary N) is 4. The fourth-order valence-electron chi connectivity index (χ4n) is 13.9. The molecule has 0 bridgehead atoms. The van der Waals surface area contributed by atoms with Crippen molar-refractivity contribution in [3.63, 3.8) is 0 Å². The molecule has 2 aliphatic rings. The number of nitrogens with zero attached hydrogens (tertiary/aromatic N) is 7. The molecule has 2 saturated heterocycles. The van der Waals surface area contributed by atoms with Crippen molar-refractivity contribution in [3.05, 3.63) is 35.4 Å². The number of unbranched alkanes of at least 4 members (excludes halogenated alkanes) is 34. The topological polar surface area (TPSA) is 327 Å². The highest BCUT2D eigenvalue weighted by Crippen LogP contribution is 2.12. The average molecular weight is 1930 g/mol. The molecule has 21 N–H and O–H groups in total. The maximum atomic E-state index is 8.37. The second-order valence-corrected chi connectivity index (χ2v) is 37.0. The molecule has 135 heavy (non-hydrogen) atoms. The Kier molecular flexibility index (Phi) is 171. The van der Waals surface area contributed by atoms with Crippen molar-refractivity contribution in [1.82, 2.24) is 55.6 Å². The normalized spacial score (nSPS) is 12.4. The molecular weight excluding hydrogens is 1680 g/mol. The van der Waals surface area contributed by atoms with Crippen LogP contribution < -0.4 is 67.1 Å². The lowest BCUT2D eigenvalue weighted by Crippen LogP contribution is -2.49. The van der Waals surface area contributed by atoms with E-state index in [0.29, 0.717) is 39.5 Å². The van der Waals surface area contributed by atoms with E-state index in [1.165, 1.54) is 405 Å². The quantitative estimate of drug-likeness (QED) is 0.0270. The molecule has 0 unspecified atom stereocenters. The highest BCUT2D eigenvalue weighted by molar-refractivity contribution is 5.22. The first-order chi connectivity index (χ1) is 65.5. The fraction of sp³-hybridized carbons (Fsp3) is 0.946. The Labute approximate surface area is 848 Å². The summed E-state index contributed by atoms with van der Waals surface area (Å²) in [6.45, 7) is 64.9. The average Bonchev–Trinajstić information content (AvgIpc) is 0.927. The number of hydrogen-bond donors (Lipinski definition) is 13. The van der Waals surface area contributed by atoms with Gasteiger partial charge in [-0.05, 0) is 254 Å². The van der Waals surface area contributed by atoms with Gasteiger partial charge in [-0.25, -0.2) is 0 Å². The Balaban J connectivity index is -0.000000158. The van der Waals surface area contributed by atoms with Crippen LogP contribution in [0, 0.1) is 0 Å². The number of aryl methyl sites for hydroxylation is 1. The summed E-state index contributed by atoms with van der Waals surface area (Å²) in [5.41, 5.74) is 45.8. The molecule has 1 aromatic rings. The van der Waals surface area contributed by atoms with Crippen molar-refractivity contribution >= 4 is 0 Å². The lowest BCUT2D eigenvalue weighted by atomic mass is 10.1. The number of aliphatic hydroxyl groups is 1. The third kappa shape index (κ3) is 158. The molecule has 0 spiro atoms. The molecule has 23 heteroatoms. The van der Waals surface area contributed by atoms with Gasteiger partial charge in [0.05, 0.1) is 33.0 Å². The molecule has 0 saturated carbocycles. The maximum absolute atomic E-state index is 8.37. The van der Waals surface area contributed by atoms with Gasteiger partial charge in [-0.3, -0.25) is 9.80 Å². The van der Waals surface area contributed by atoms with Gasteiger partial charge in [0, 0.05) is 118 Å². The van der Waals surface area contributed by atoms with Crippen LogP contribution >= 0.6 is 0 Å². The van der Waals surface area contributed by atoms with Crippen molar-refractivity contribution in [2.45, 2.75) is 412 Å². The third-order valence-corrected chi connectivity index (χ3v) is 23.1. The Bertz CT molecular complexity index is 1850. The van der Waals surface area contributed by atoms with Crippen molar-refractivity contribution in [1.29, 1.82) is 0 Å². The summed E-state index contributed by atoms with van der Waals surface area (Å²) in [4.78, 5) is 17.2. The van der Waals surface area contributed by atoms with Crippen LogP contribution in [0.15, 0.2) is 24.3 Å². The van der Waals surface area contributed by atoms with Crippen LogP contribution in [-0.4, -0.2) is 324 Å². The van der Waals surface area contributed by atoms with E-state index in [9.17, 15) is 0 Å². The standard InChI is InChI=1S/C12H27N.C11H26N4.C11H25N3.C11H26N2.C11H25N.C10H23N.C9H13N.C8H20N2.C8H19N.C7H17NO2.C7H16O.C6H16N2O.CH4/c1-2-3-4-5-6-7-8-9-10-11-12-13;1-2-4-13-5-7-15-10-8-14(6-3-12)9-11-15;1-2-3-6-13-8-10-14(11-9-13)7-4-5-12;1-2-3-4-7-10-13-11-8-5-6-9-12;1-4-6-8-10-12(3)11-9-7-5-2;1-4-5-6-7-8-9-10-11(2)3;1-2-8-3-5-9(7-10)6-4-8;1-3-4-7-10(2)8-5-6-9;1-2-3-4-5-6-7-8-9;1-2-4-9-6-7-10-5-3-8;1-2-3-4-5-6-7-8;1-7-3-5-9-6-4-8-2;/h2-13H2,1H3;13H,2-12H2,1H3;2-12H2,1H3;13H,2-12H2,1H3;4-11H2,1-3H3;4-10H2,1-3H3;3-6H,2,7,10H2,1H3;3-9H2,1-2H3;2-9H2,1H3;2-8H2,1H3;8H,2-7H2,1H3;7-8H,3-6H2,1-2H3;1H4. The first-order valence-electron chi connectivity index (χ1n) is 57.1. The molecule has 0 radical (unpaired) electrons. The summed E-state index contributed by atoms with van der Waals surface area (Å²) in [7, 11) is 12.5. The molecule has 23 nitrogen and oxygen atoms in total. The maximum Gasteiger partial charge on any atom is 0.0701 e. The Morgan fingerprint density at radius 2 is 0.578 bits per heavy atom. The summed E-state index contributed by atoms with van der Waals surface area (Å²) in [6.07, 6.45) is 64.8. The van der Waals surface area contributed by atoms with Gasteiger partial charge in [0.15, 0.2) is 0 Å². The number of hydrogen-bond acceptors (Lipinski definition) is 23. The first-order valence-corrected chi connectivity index (χ1v) is 57.1. The number of likely N-dealkylation sites (N-methyl/N-ethyl adjacent to an activating group) is 2. The zero-order chi connectivity index (χ0) is 101. The fourth-order valence-corrected chi connectivity index (χ4v) is 13.9. The van der Waals surface area contributed by atoms with Gasteiger partial charge < -0.3 is 111 Å². The van der Waals surface area contributed by atoms with Gasteiger partial charge >= 0.3 is 0 Å². The van der Waals surface area contributed by atoms with Crippen LogP contribution in [0.3, 0.4) is 0 Å². The van der Waals surface area contributed by atoms with Gasteiger partial charge in [0.25, 0.3) is 0 Å². The van der Waals surface area contributed by atoms with E-state index in [4.69, 9.17) is 65.2 Å². The van der Waals surface area contributed by atoms with Gasteiger partial charge in [-0.2, -0.15) is 0 Å². The number of benzene rings is 1. The molecule has 0 aliphatic carbocycles. The molecule has 2 aliphatic heterocycles. The number of aliphatic hydroxyl groups excluding tert-OH is 1. The summed E-state index contributed by atoms with van der Waals surface area (Å²) < 4.78 is 15.4. The molecular formula is C112H257N19O4. The number of piperazine rings is 2. The predicted molar refractivity (Wildman–Crippen MR) is 610 cm³/mol. The molecule has 824 valence electrons. The van der Waals surface area contributed by atoms with Gasteiger partial charge in [-0.1, -0.05) is 327 Å². The van der Waals surface area contributed by atoms with E-state index in [0.717, 1.165) is 130 Å². The zero-order valence-corrected chi connectivity index (χ0v) is 94.2. The molecule has 1 aromatic carbocycles. The Morgan fingerprint density at radius 3 is 0.933 bits per heavy atom. The van der Waals surface area contributed by atoms with Gasteiger partial charge in [-0.15, -0.1) is 0 Å². The third-order valence-electron chi connectivity index (χ3n) is 23.1. The Morgan fingerprint density at radius 1 is 0.267 bits per heavy atom. The number of nitrogens with two attached hydrogens (primary N) is 8. The number of rotatable bonds is 80. The molecule has 2 heterocycles. The Hall–Kier alpha value is -1.70. The predicted octanol–water partition coefficient (Wildman–Crippen LogP) is 20.2. The van der Waals surface area contributed by atoms with Crippen LogP contribution in [0.4, 0.5) is 0 Å². The SMILES string of the molecule is C.CCCCCCCCCCCCN.CCCCCCCCN.CCCCCCCCN(C)C.CCCCCCCO.CCCCCCNCCCCCN.CCCCCN(C)CCCCC.CCCCN(C)CCCN.CCCCN1CCN(CCCN)CC1.CCCNCCN1CCN(CCN)CC1.CCCOCCOCCN.CCc1ccc(CN)cc1.CNCCOCCNC. The minimum Gasteiger partial charge on any atom is -0.396 e. The molecule has 0 amide bonds. The summed E-state index contributed by atoms with van der Waals surface area (Å²) in [5.74, 6) is 0. The summed E-state index contributed by atoms with van der Waals surface area (Å²) in [5, 5.41) is 21.3. The lowest BCUT2D eigenvalue weighted by Gasteiger charge is -2.34. The van der Waals surface area contributed by atoms with Crippen molar-refractivity contribution in [3.8, 4) is 0 Å². The van der Waals surface area contributed by atoms with Crippen molar-refractivity contribution < 1.29 is 19.3 Å². The first kappa shape index (κ1) is 153. The van der Waals surface area contributed by atoms with E-state index in [-0.39, 0.29) is 7.43 Å². The second kappa shape index (κ2) is 150. The van der Waals surface area contributed by atoms with E-state index >= 15 is 0 Å². The van der Waals surface area contributed by atoms with Gasteiger partial charge in [0.1, 0.15) is 0 Å². The zero-order valence-electron chi connectivity index (χ0n) is 94.2. The largest absolute Gasteiger partial charge is 0.396 e. The van der Waals surface area contributed by atoms with Crippen LogP contribution in [0.25, 0.3) is 0 Å². The van der Waals surface area contributed by atoms with Crippen molar-refractivity contribution in [2.75, 3.05) is 285 Å².